The highest BCUT2D eigenvalue weighted by Crippen LogP contribution is 2.31. The van der Waals surface area contributed by atoms with Gasteiger partial charge in [0.15, 0.2) is 11.6 Å². The van der Waals surface area contributed by atoms with E-state index in [0.29, 0.717) is 12.1 Å². The first-order valence-corrected chi connectivity index (χ1v) is 11.3. The molecule has 1 saturated heterocycles. The topological polar surface area (TPSA) is 102 Å². The van der Waals surface area contributed by atoms with Gasteiger partial charge in [0.05, 0.1) is 30.9 Å². The second-order valence-corrected chi connectivity index (χ2v) is 9.65. The lowest BCUT2D eigenvalue weighted by atomic mass is 10.3. The van der Waals surface area contributed by atoms with Crippen molar-refractivity contribution in [3.63, 3.8) is 0 Å². The number of benzene rings is 2. The molecule has 0 amide bonds. The quantitative estimate of drug-likeness (QED) is 0.723. The van der Waals surface area contributed by atoms with Gasteiger partial charge in [0, 0.05) is 13.1 Å². The number of hydrogen-bond donors (Lipinski definition) is 1. The third-order valence-corrected chi connectivity index (χ3v) is 7.50. The molecule has 3 rings (SSSR count). The fourth-order valence-electron chi connectivity index (χ4n) is 2.73. The molecule has 0 atom stereocenters. The number of hydrogen-bond acceptors (Lipinski definition) is 6. The van der Waals surface area contributed by atoms with Crippen LogP contribution in [0.1, 0.15) is 0 Å². The van der Waals surface area contributed by atoms with Crippen LogP contribution in [0.2, 0.25) is 0 Å². The predicted molar refractivity (Wildman–Crippen MR) is 99.7 cm³/mol. The Morgan fingerprint density at radius 3 is 2.31 bits per heavy atom. The number of anilines is 1. The van der Waals surface area contributed by atoms with Crippen molar-refractivity contribution in [2.75, 3.05) is 38.1 Å². The molecule has 1 fully saturated rings. The minimum Gasteiger partial charge on any atom is -0.495 e. The Balaban J connectivity index is 1.97. The van der Waals surface area contributed by atoms with Crippen LogP contribution < -0.4 is 9.46 Å². The summed E-state index contributed by atoms with van der Waals surface area (Å²) in [6.45, 7) is 0.778. The number of morpholine rings is 1. The van der Waals surface area contributed by atoms with Gasteiger partial charge in [0.2, 0.25) is 10.0 Å². The van der Waals surface area contributed by atoms with Gasteiger partial charge in [-0.3, -0.25) is 4.72 Å². The van der Waals surface area contributed by atoms with Crippen LogP contribution in [0.15, 0.2) is 46.2 Å². The number of ether oxygens (including phenoxy) is 2. The third kappa shape index (κ3) is 4.50. The molecule has 0 saturated carbocycles. The highest BCUT2D eigenvalue weighted by molar-refractivity contribution is 7.92. The van der Waals surface area contributed by atoms with Crippen molar-refractivity contribution in [3.05, 3.63) is 48.0 Å². The standard InChI is InChI=1S/C17H18F2N2O6S2/c1-26-16-5-2-12(10-17(16)29(24,25)21-6-8-27-9-7-21)20-28(22,23)13-3-4-14(18)15(19)11-13/h2-5,10-11,20H,6-9H2,1H3. The van der Waals surface area contributed by atoms with E-state index < -0.39 is 36.6 Å². The van der Waals surface area contributed by atoms with Crippen molar-refractivity contribution in [1.82, 2.24) is 4.31 Å². The molecule has 1 aliphatic heterocycles. The lowest BCUT2D eigenvalue weighted by Crippen LogP contribution is -2.40. The van der Waals surface area contributed by atoms with Gasteiger partial charge in [-0.15, -0.1) is 0 Å². The molecule has 0 bridgehead atoms. The van der Waals surface area contributed by atoms with Gasteiger partial charge in [0.25, 0.3) is 10.0 Å². The molecule has 2 aromatic carbocycles. The minimum atomic E-state index is -4.29. The van der Waals surface area contributed by atoms with Crippen molar-refractivity contribution in [2.45, 2.75) is 9.79 Å². The van der Waals surface area contributed by atoms with Crippen LogP contribution in [0.25, 0.3) is 0 Å². The van der Waals surface area contributed by atoms with Gasteiger partial charge < -0.3 is 9.47 Å². The first kappa shape index (κ1) is 21.4. The van der Waals surface area contributed by atoms with E-state index in [0.717, 1.165) is 12.1 Å². The van der Waals surface area contributed by atoms with Crippen LogP contribution in [-0.2, 0) is 24.8 Å². The Morgan fingerprint density at radius 1 is 1.00 bits per heavy atom. The van der Waals surface area contributed by atoms with Gasteiger partial charge >= 0.3 is 0 Å². The highest BCUT2D eigenvalue weighted by atomic mass is 32.2. The lowest BCUT2D eigenvalue weighted by Gasteiger charge is -2.26. The van der Waals surface area contributed by atoms with E-state index >= 15 is 0 Å². The van der Waals surface area contributed by atoms with Crippen LogP contribution in [0.3, 0.4) is 0 Å². The van der Waals surface area contributed by atoms with Crippen molar-refractivity contribution in [3.8, 4) is 5.75 Å². The molecule has 0 aliphatic carbocycles. The van der Waals surface area contributed by atoms with Gasteiger partial charge in [-0.1, -0.05) is 0 Å². The zero-order valence-corrected chi connectivity index (χ0v) is 16.9. The number of sulfonamides is 2. The van der Waals surface area contributed by atoms with Crippen LogP contribution in [0.5, 0.6) is 5.75 Å². The summed E-state index contributed by atoms with van der Waals surface area (Å²) >= 11 is 0. The van der Waals surface area contributed by atoms with E-state index in [2.05, 4.69) is 4.72 Å². The molecule has 1 aliphatic rings. The Labute approximate surface area is 167 Å². The van der Waals surface area contributed by atoms with Crippen LogP contribution in [0.4, 0.5) is 14.5 Å². The number of methoxy groups -OCH3 is 1. The van der Waals surface area contributed by atoms with E-state index in [9.17, 15) is 25.6 Å². The van der Waals surface area contributed by atoms with Crippen molar-refractivity contribution in [1.29, 1.82) is 0 Å². The zero-order valence-electron chi connectivity index (χ0n) is 15.3. The summed E-state index contributed by atoms with van der Waals surface area (Å²) < 4.78 is 91.0. The summed E-state index contributed by atoms with van der Waals surface area (Å²) in [5.41, 5.74) is -0.0811. The highest BCUT2D eigenvalue weighted by Gasteiger charge is 2.30. The van der Waals surface area contributed by atoms with E-state index in [-0.39, 0.29) is 42.6 Å². The Bertz CT molecular complexity index is 1120. The molecule has 29 heavy (non-hydrogen) atoms. The van der Waals surface area contributed by atoms with Crippen LogP contribution >= 0.6 is 0 Å². The average Bonchev–Trinajstić information content (AvgIpc) is 2.70. The van der Waals surface area contributed by atoms with E-state index in [1.54, 1.807) is 0 Å². The number of nitrogens with one attached hydrogen (secondary N) is 1. The Morgan fingerprint density at radius 2 is 1.69 bits per heavy atom. The van der Waals surface area contributed by atoms with Crippen LogP contribution in [-0.4, -0.2) is 54.6 Å². The minimum absolute atomic E-state index is 0.0345. The van der Waals surface area contributed by atoms with Gasteiger partial charge in [-0.2, -0.15) is 4.31 Å². The molecule has 2 aromatic rings. The van der Waals surface area contributed by atoms with Gasteiger partial charge in [-0.25, -0.2) is 25.6 Å². The molecular formula is C17H18F2N2O6S2. The SMILES string of the molecule is COc1ccc(NS(=O)(=O)c2ccc(F)c(F)c2)cc1S(=O)(=O)N1CCOCC1. The van der Waals surface area contributed by atoms with Crippen LogP contribution in [0, 0.1) is 11.6 Å². The molecule has 1 N–H and O–H groups in total. The molecule has 12 heteroatoms. The largest absolute Gasteiger partial charge is 0.495 e. The molecule has 0 unspecified atom stereocenters. The zero-order chi connectivity index (χ0) is 21.2. The maximum atomic E-state index is 13.4. The van der Waals surface area contributed by atoms with Gasteiger partial charge in [-0.05, 0) is 36.4 Å². The normalized spacial score (nSPS) is 15.8. The van der Waals surface area contributed by atoms with Crippen molar-refractivity contribution in [2.24, 2.45) is 0 Å². The molecule has 1 heterocycles. The third-order valence-electron chi connectivity index (χ3n) is 4.21. The Kier molecular flexibility index (Phi) is 6.08. The van der Waals surface area contributed by atoms with Gasteiger partial charge in [0.1, 0.15) is 10.6 Å². The first-order chi connectivity index (χ1) is 13.6. The fourth-order valence-corrected chi connectivity index (χ4v) is 5.38. The second-order valence-electron chi connectivity index (χ2n) is 6.06. The summed E-state index contributed by atoms with van der Waals surface area (Å²) in [7, 11) is -6.97. The lowest BCUT2D eigenvalue weighted by molar-refractivity contribution is 0.0729. The first-order valence-electron chi connectivity index (χ1n) is 8.39. The molecule has 0 spiro atoms. The van der Waals surface area contributed by atoms with E-state index in [4.69, 9.17) is 9.47 Å². The second kappa shape index (κ2) is 8.22. The Hall–Kier alpha value is -2.28. The van der Waals surface area contributed by atoms with E-state index in [1.165, 1.54) is 23.5 Å². The monoisotopic (exact) mass is 448 g/mol. The summed E-state index contributed by atoms with van der Waals surface area (Å²) in [6, 6.07) is 5.83. The van der Waals surface area contributed by atoms with Crippen molar-refractivity contribution >= 4 is 25.7 Å². The molecule has 0 radical (unpaired) electrons. The van der Waals surface area contributed by atoms with Crippen molar-refractivity contribution < 1.29 is 35.1 Å². The maximum absolute atomic E-state index is 13.4. The molecule has 8 nitrogen and oxygen atoms in total. The molecule has 158 valence electrons. The molecular weight excluding hydrogens is 430 g/mol. The number of halogens is 2. The number of rotatable bonds is 6. The molecule has 0 aromatic heterocycles. The fraction of sp³-hybridized carbons (Fsp3) is 0.294. The maximum Gasteiger partial charge on any atom is 0.261 e. The smallest absolute Gasteiger partial charge is 0.261 e. The summed E-state index contributed by atoms with van der Waals surface area (Å²) in [5.74, 6) is -2.47. The predicted octanol–water partition coefficient (Wildman–Crippen LogP) is 1.80. The van der Waals surface area contributed by atoms with E-state index in [1.807, 2.05) is 0 Å². The summed E-state index contributed by atoms with van der Waals surface area (Å²) in [6.07, 6.45) is 0. The number of nitrogens with zero attached hydrogens (tertiary/aromatic N) is 1. The summed E-state index contributed by atoms with van der Waals surface area (Å²) in [5, 5.41) is 0. The summed E-state index contributed by atoms with van der Waals surface area (Å²) in [4.78, 5) is -0.739. The average molecular weight is 448 g/mol.